The summed E-state index contributed by atoms with van der Waals surface area (Å²) in [5, 5.41) is 0. The second-order valence-corrected chi connectivity index (χ2v) is 5.78. The normalized spacial score (nSPS) is 51.1. The summed E-state index contributed by atoms with van der Waals surface area (Å²) >= 11 is 0. The van der Waals surface area contributed by atoms with Crippen molar-refractivity contribution in [3.63, 3.8) is 0 Å². The minimum absolute atomic E-state index is 0.692. The molecule has 0 aromatic carbocycles. The molecule has 3 rings (SSSR count). The van der Waals surface area contributed by atoms with Gasteiger partial charge in [-0.3, -0.25) is 0 Å². The van der Waals surface area contributed by atoms with Crippen LogP contribution >= 0.6 is 0 Å². The number of fused-ring (bicyclic) bond motifs is 1. The molecule has 0 N–H and O–H groups in total. The smallest absolute Gasteiger partial charge is 0.0160 e. The maximum Gasteiger partial charge on any atom is -0.0160 e. The van der Waals surface area contributed by atoms with E-state index in [4.69, 9.17) is 0 Å². The number of hydrogen-bond acceptors (Lipinski definition) is 0. The third kappa shape index (κ3) is 1.00. The van der Waals surface area contributed by atoms with Crippen molar-refractivity contribution in [3.8, 4) is 0 Å². The van der Waals surface area contributed by atoms with Crippen LogP contribution in [0, 0.1) is 29.6 Å². The first-order valence-corrected chi connectivity index (χ1v) is 6.04. The summed E-state index contributed by atoms with van der Waals surface area (Å²) in [5.41, 5.74) is 2.76. The molecule has 3 aliphatic carbocycles. The van der Waals surface area contributed by atoms with Crippen molar-refractivity contribution >= 4 is 0 Å². The third-order valence-corrected chi connectivity index (χ3v) is 5.12. The molecule has 0 amide bonds. The standard InChI is InChI=1S/C14H20/c1-8-4-12-6-13-5-11(7-14(12)13)10(3)9(8)2/h8,11-14H,2-7H2,1H3. The van der Waals surface area contributed by atoms with Crippen LogP contribution in [0.4, 0.5) is 0 Å². The Hall–Kier alpha value is -0.520. The maximum atomic E-state index is 4.28. The Morgan fingerprint density at radius 3 is 2.43 bits per heavy atom. The van der Waals surface area contributed by atoms with Crippen molar-refractivity contribution in [1.82, 2.24) is 0 Å². The molecule has 76 valence electrons. The second kappa shape index (κ2) is 2.74. The Bertz CT molecular complexity index is 299. The largest absolute Gasteiger partial charge is 0.0953 e. The van der Waals surface area contributed by atoms with E-state index in [1.54, 1.807) is 0 Å². The lowest BCUT2D eigenvalue weighted by Gasteiger charge is -2.42. The molecular formula is C14H20. The highest BCUT2D eigenvalue weighted by Crippen LogP contribution is 2.59. The van der Waals surface area contributed by atoms with Gasteiger partial charge in [-0.2, -0.15) is 0 Å². The lowest BCUT2D eigenvalue weighted by Crippen LogP contribution is -2.34. The quantitative estimate of drug-likeness (QED) is 0.542. The molecule has 0 heterocycles. The first-order chi connectivity index (χ1) is 6.66. The fraction of sp³-hybridized carbons (Fsp3) is 0.714. The van der Waals surface area contributed by atoms with Gasteiger partial charge < -0.3 is 0 Å². The molecule has 0 saturated heterocycles. The minimum atomic E-state index is 0.692. The van der Waals surface area contributed by atoms with E-state index >= 15 is 0 Å². The predicted octanol–water partition coefficient (Wildman–Crippen LogP) is 3.80. The molecule has 0 aliphatic heterocycles. The van der Waals surface area contributed by atoms with Crippen LogP contribution in [0.25, 0.3) is 0 Å². The van der Waals surface area contributed by atoms with Gasteiger partial charge in [0.05, 0.1) is 0 Å². The van der Waals surface area contributed by atoms with E-state index < -0.39 is 0 Å². The Balaban J connectivity index is 1.92. The SMILES string of the molecule is C=C1C(=C)C2CC3CC(CC1C)C3C2. The van der Waals surface area contributed by atoms with Crippen LogP contribution in [0.1, 0.15) is 32.6 Å². The molecule has 0 aromatic heterocycles. The molecular weight excluding hydrogens is 168 g/mol. The van der Waals surface area contributed by atoms with Gasteiger partial charge in [0.1, 0.15) is 0 Å². The molecule has 0 aromatic rings. The van der Waals surface area contributed by atoms with Crippen LogP contribution in [-0.4, -0.2) is 0 Å². The zero-order chi connectivity index (χ0) is 9.87. The molecule has 0 spiro atoms. The summed E-state index contributed by atoms with van der Waals surface area (Å²) in [5.74, 6) is 4.64. The number of allylic oxidation sites excluding steroid dienone is 2. The van der Waals surface area contributed by atoms with E-state index in [1.165, 1.54) is 36.8 Å². The molecule has 5 atom stereocenters. The highest BCUT2D eigenvalue weighted by molar-refractivity contribution is 5.32. The molecule has 0 heteroatoms. The summed E-state index contributed by atoms with van der Waals surface area (Å²) in [6.07, 6.45) is 5.74. The summed E-state index contributed by atoms with van der Waals surface area (Å²) in [6.45, 7) is 10.9. The van der Waals surface area contributed by atoms with E-state index in [2.05, 4.69) is 20.1 Å². The Morgan fingerprint density at radius 2 is 1.64 bits per heavy atom. The molecule has 0 radical (unpaired) electrons. The van der Waals surface area contributed by atoms with Crippen LogP contribution in [0.2, 0.25) is 0 Å². The van der Waals surface area contributed by atoms with Gasteiger partial charge >= 0.3 is 0 Å². The second-order valence-electron chi connectivity index (χ2n) is 5.78. The fourth-order valence-corrected chi connectivity index (χ4v) is 4.10. The Labute approximate surface area is 87.1 Å². The highest BCUT2D eigenvalue weighted by atomic mass is 14.5. The number of hydrogen-bond donors (Lipinski definition) is 0. The molecule has 3 aliphatic rings. The predicted molar refractivity (Wildman–Crippen MR) is 59.9 cm³/mol. The van der Waals surface area contributed by atoms with Gasteiger partial charge in [-0.15, -0.1) is 0 Å². The van der Waals surface area contributed by atoms with Crippen LogP contribution in [0.3, 0.4) is 0 Å². The van der Waals surface area contributed by atoms with Crippen molar-refractivity contribution in [2.75, 3.05) is 0 Å². The van der Waals surface area contributed by atoms with Gasteiger partial charge in [0.15, 0.2) is 0 Å². The zero-order valence-corrected chi connectivity index (χ0v) is 9.13. The van der Waals surface area contributed by atoms with Crippen molar-refractivity contribution < 1.29 is 0 Å². The van der Waals surface area contributed by atoms with Crippen LogP contribution in [0.15, 0.2) is 24.3 Å². The lowest BCUT2D eigenvalue weighted by atomic mass is 9.63. The summed E-state index contributed by atoms with van der Waals surface area (Å²) < 4.78 is 0. The van der Waals surface area contributed by atoms with E-state index in [1.807, 2.05) is 0 Å². The summed E-state index contributed by atoms with van der Waals surface area (Å²) in [6, 6.07) is 0. The topological polar surface area (TPSA) is 0 Å². The fourth-order valence-electron chi connectivity index (χ4n) is 4.10. The zero-order valence-electron chi connectivity index (χ0n) is 9.13. The van der Waals surface area contributed by atoms with Gasteiger partial charge in [-0.25, -0.2) is 0 Å². The first kappa shape index (κ1) is 8.76. The molecule has 0 nitrogen and oxygen atoms in total. The minimum Gasteiger partial charge on any atom is -0.0953 e. The van der Waals surface area contributed by atoms with Crippen molar-refractivity contribution in [3.05, 3.63) is 24.3 Å². The van der Waals surface area contributed by atoms with Crippen LogP contribution in [-0.2, 0) is 0 Å². The van der Waals surface area contributed by atoms with E-state index in [0.29, 0.717) is 5.92 Å². The first-order valence-electron chi connectivity index (χ1n) is 6.04. The van der Waals surface area contributed by atoms with E-state index in [-0.39, 0.29) is 0 Å². The van der Waals surface area contributed by atoms with Gasteiger partial charge in [0.25, 0.3) is 0 Å². The van der Waals surface area contributed by atoms with Crippen molar-refractivity contribution in [1.29, 1.82) is 0 Å². The van der Waals surface area contributed by atoms with Crippen molar-refractivity contribution in [2.24, 2.45) is 29.6 Å². The Kier molecular flexibility index (Phi) is 1.72. The summed E-state index contributed by atoms with van der Waals surface area (Å²) in [7, 11) is 0. The molecule has 14 heavy (non-hydrogen) atoms. The average Bonchev–Trinajstić information content (AvgIpc) is 2.51. The molecule has 5 unspecified atom stereocenters. The molecule has 3 saturated carbocycles. The lowest BCUT2D eigenvalue weighted by molar-refractivity contribution is 0.0848. The van der Waals surface area contributed by atoms with E-state index in [0.717, 1.165) is 23.7 Å². The van der Waals surface area contributed by atoms with Gasteiger partial charge in [0, 0.05) is 0 Å². The molecule has 3 fully saturated rings. The van der Waals surface area contributed by atoms with Gasteiger partial charge in [0.2, 0.25) is 0 Å². The monoisotopic (exact) mass is 188 g/mol. The van der Waals surface area contributed by atoms with Gasteiger partial charge in [-0.05, 0) is 66.4 Å². The van der Waals surface area contributed by atoms with Crippen LogP contribution < -0.4 is 0 Å². The molecule has 2 bridgehead atoms. The summed E-state index contributed by atoms with van der Waals surface area (Å²) in [4.78, 5) is 0. The van der Waals surface area contributed by atoms with Crippen LogP contribution in [0.5, 0.6) is 0 Å². The maximum absolute atomic E-state index is 4.28. The Morgan fingerprint density at radius 1 is 0.929 bits per heavy atom. The number of rotatable bonds is 0. The third-order valence-electron chi connectivity index (χ3n) is 5.12. The average molecular weight is 188 g/mol. The van der Waals surface area contributed by atoms with Crippen molar-refractivity contribution in [2.45, 2.75) is 32.6 Å². The highest BCUT2D eigenvalue weighted by Gasteiger charge is 2.49. The van der Waals surface area contributed by atoms with Gasteiger partial charge in [-0.1, -0.05) is 20.1 Å². The van der Waals surface area contributed by atoms with E-state index in [9.17, 15) is 0 Å².